The summed E-state index contributed by atoms with van der Waals surface area (Å²) in [6, 6.07) is 0.0932. The van der Waals surface area contributed by atoms with Crippen LogP contribution in [-0.4, -0.2) is 9.91 Å². The summed E-state index contributed by atoms with van der Waals surface area (Å²) < 4.78 is 60.7. The molecule has 0 fully saturated rings. The highest BCUT2D eigenvalue weighted by Crippen LogP contribution is 2.38. The minimum Gasteiger partial charge on any atom is -0.258 e. The minimum absolute atomic E-state index is 0.0932. The van der Waals surface area contributed by atoms with E-state index in [4.69, 9.17) is 0 Å². The Bertz CT molecular complexity index is 462. The van der Waals surface area contributed by atoms with E-state index >= 15 is 0 Å². The smallest absolute Gasteiger partial charge is 0.258 e. The molecule has 0 spiro atoms. The van der Waals surface area contributed by atoms with Gasteiger partial charge in [0.1, 0.15) is 10.2 Å². The molecule has 0 bridgehead atoms. The average Bonchev–Trinajstić information content (AvgIpc) is 2.14. The SMILES string of the molecule is O=[N+]([O-])c1cc(C(F)(F)F)nc(C(F)F)c1Br. The predicted octanol–water partition coefficient (Wildman–Crippen LogP) is 3.71. The number of hydrogen-bond donors (Lipinski definition) is 0. The van der Waals surface area contributed by atoms with Crippen molar-refractivity contribution in [2.24, 2.45) is 0 Å². The van der Waals surface area contributed by atoms with Crippen molar-refractivity contribution in [3.05, 3.63) is 32.0 Å². The number of halogens is 6. The van der Waals surface area contributed by atoms with Crippen molar-refractivity contribution in [2.45, 2.75) is 12.6 Å². The van der Waals surface area contributed by atoms with Crippen LogP contribution >= 0.6 is 15.9 Å². The fourth-order valence-electron chi connectivity index (χ4n) is 0.958. The van der Waals surface area contributed by atoms with E-state index in [0.29, 0.717) is 0 Å². The maximum absolute atomic E-state index is 12.4. The largest absolute Gasteiger partial charge is 0.433 e. The molecule has 0 N–H and O–H groups in total. The first-order chi connectivity index (χ1) is 7.64. The zero-order valence-electron chi connectivity index (χ0n) is 7.63. The molecule has 0 saturated carbocycles. The van der Waals surface area contributed by atoms with Gasteiger partial charge in [0.15, 0.2) is 5.69 Å². The van der Waals surface area contributed by atoms with Gasteiger partial charge in [-0.25, -0.2) is 13.8 Å². The lowest BCUT2D eigenvalue weighted by atomic mass is 10.2. The lowest BCUT2D eigenvalue weighted by Gasteiger charge is -2.09. The standard InChI is InChI=1S/C7H2BrF5N2O2/c8-4-2(15(16)17)1-3(7(11,12)13)14-5(4)6(9)10/h1,6H. The number of nitro groups is 1. The summed E-state index contributed by atoms with van der Waals surface area (Å²) in [6.07, 6.45) is -8.39. The van der Waals surface area contributed by atoms with Crippen LogP contribution in [0.2, 0.25) is 0 Å². The number of nitrogens with zero attached hydrogens (tertiary/aromatic N) is 2. The fourth-order valence-corrected chi connectivity index (χ4v) is 1.48. The van der Waals surface area contributed by atoms with Gasteiger partial charge in [0.25, 0.3) is 12.1 Å². The van der Waals surface area contributed by atoms with E-state index in [0.717, 1.165) is 0 Å². The van der Waals surface area contributed by atoms with Gasteiger partial charge in [-0.2, -0.15) is 13.2 Å². The van der Waals surface area contributed by atoms with E-state index in [-0.39, 0.29) is 6.07 Å². The molecule has 0 amide bonds. The summed E-state index contributed by atoms with van der Waals surface area (Å²) >= 11 is 2.43. The molecule has 1 aromatic rings. The van der Waals surface area contributed by atoms with E-state index in [1.807, 2.05) is 0 Å². The van der Waals surface area contributed by atoms with E-state index in [9.17, 15) is 32.1 Å². The van der Waals surface area contributed by atoms with Gasteiger partial charge in [-0.3, -0.25) is 10.1 Å². The summed E-state index contributed by atoms with van der Waals surface area (Å²) in [5.41, 5.74) is -4.16. The van der Waals surface area contributed by atoms with E-state index < -0.39 is 39.1 Å². The van der Waals surface area contributed by atoms with Crippen LogP contribution in [-0.2, 0) is 6.18 Å². The van der Waals surface area contributed by atoms with Gasteiger partial charge in [0, 0.05) is 6.07 Å². The molecular weight excluding hydrogens is 319 g/mol. The van der Waals surface area contributed by atoms with Gasteiger partial charge in [-0.05, 0) is 15.9 Å². The third-order valence-electron chi connectivity index (χ3n) is 1.66. The summed E-state index contributed by atoms with van der Waals surface area (Å²) in [4.78, 5) is 11.9. The Kier molecular flexibility index (Phi) is 3.65. The Morgan fingerprint density at radius 3 is 2.29 bits per heavy atom. The first-order valence-electron chi connectivity index (χ1n) is 3.84. The van der Waals surface area contributed by atoms with Crippen molar-refractivity contribution < 1.29 is 26.9 Å². The molecule has 4 nitrogen and oxygen atoms in total. The molecule has 10 heteroatoms. The lowest BCUT2D eigenvalue weighted by molar-refractivity contribution is -0.386. The molecule has 1 rings (SSSR count). The Labute approximate surface area is 98.7 Å². The van der Waals surface area contributed by atoms with Crippen molar-refractivity contribution in [3.63, 3.8) is 0 Å². The molecule has 0 aliphatic heterocycles. The van der Waals surface area contributed by atoms with Gasteiger partial charge in [-0.15, -0.1) is 0 Å². The first kappa shape index (κ1) is 13.7. The van der Waals surface area contributed by atoms with Crippen LogP contribution in [0.4, 0.5) is 27.6 Å². The number of alkyl halides is 5. The van der Waals surface area contributed by atoms with Crippen LogP contribution in [0.1, 0.15) is 17.8 Å². The van der Waals surface area contributed by atoms with Crippen LogP contribution in [0.15, 0.2) is 10.5 Å². The van der Waals surface area contributed by atoms with Gasteiger partial charge < -0.3 is 0 Å². The number of hydrogen-bond acceptors (Lipinski definition) is 3. The second-order valence-corrected chi connectivity index (χ2v) is 3.57. The van der Waals surface area contributed by atoms with Gasteiger partial charge in [0.05, 0.1) is 4.92 Å². The van der Waals surface area contributed by atoms with Gasteiger partial charge in [0.2, 0.25) is 0 Å². The highest BCUT2D eigenvalue weighted by molar-refractivity contribution is 9.10. The lowest BCUT2D eigenvalue weighted by Crippen LogP contribution is -2.11. The van der Waals surface area contributed by atoms with E-state index in [1.165, 1.54) is 0 Å². The maximum atomic E-state index is 12.4. The van der Waals surface area contributed by atoms with Crippen LogP contribution in [0.3, 0.4) is 0 Å². The molecule has 0 aromatic carbocycles. The van der Waals surface area contributed by atoms with E-state index in [2.05, 4.69) is 20.9 Å². The monoisotopic (exact) mass is 320 g/mol. The molecule has 1 heterocycles. The van der Waals surface area contributed by atoms with Gasteiger partial charge >= 0.3 is 6.18 Å². The topological polar surface area (TPSA) is 56.0 Å². The number of rotatable bonds is 2. The second-order valence-electron chi connectivity index (χ2n) is 2.78. The summed E-state index contributed by atoms with van der Waals surface area (Å²) in [5.74, 6) is 0. The van der Waals surface area contributed by atoms with E-state index in [1.54, 1.807) is 0 Å². The number of pyridine rings is 1. The molecule has 0 saturated heterocycles. The summed E-state index contributed by atoms with van der Waals surface area (Å²) in [5, 5.41) is 10.4. The Morgan fingerprint density at radius 2 is 1.94 bits per heavy atom. The Balaban J connectivity index is 3.53. The third kappa shape index (κ3) is 2.87. The molecule has 0 aliphatic rings. The minimum atomic E-state index is -5.03. The highest BCUT2D eigenvalue weighted by atomic mass is 79.9. The highest BCUT2D eigenvalue weighted by Gasteiger charge is 2.37. The molecule has 0 radical (unpaired) electrons. The summed E-state index contributed by atoms with van der Waals surface area (Å²) in [7, 11) is 0. The molecule has 0 atom stereocenters. The maximum Gasteiger partial charge on any atom is 0.433 e. The van der Waals surface area contributed by atoms with Gasteiger partial charge in [-0.1, -0.05) is 0 Å². The molecule has 17 heavy (non-hydrogen) atoms. The fraction of sp³-hybridized carbons (Fsp3) is 0.286. The molecule has 0 unspecified atom stereocenters. The summed E-state index contributed by atoms with van der Waals surface area (Å²) in [6.45, 7) is 0. The van der Waals surface area contributed by atoms with Crippen LogP contribution in [0, 0.1) is 10.1 Å². The average molecular weight is 321 g/mol. The van der Waals surface area contributed by atoms with Crippen LogP contribution in [0.25, 0.3) is 0 Å². The third-order valence-corrected chi connectivity index (χ3v) is 2.47. The van der Waals surface area contributed by atoms with Crippen LogP contribution < -0.4 is 0 Å². The van der Waals surface area contributed by atoms with Crippen molar-refractivity contribution in [1.29, 1.82) is 0 Å². The Hall–Kier alpha value is -1.32. The first-order valence-corrected chi connectivity index (χ1v) is 4.64. The zero-order chi connectivity index (χ0) is 13.4. The van der Waals surface area contributed by atoms with Crippen molar-refractivity contribution in [1.82, 2.24) is 4.98 Å². The van der Waals surface area contributed by atoms with Crippen molar-refractivity contribution in [2.75, 3.05) is 0 Å². The molecular formula is C7H2BrF5N2O2. The Morgan fingerprint density at radius 1 is 1.41 bits per heavy atom. The predicted molar refractivity (Wildman–Crippen MR) is 48.6 cm³/mol. The van der Waals surface area contributed by atoms with Crippen molar-refractivity contribution >= 4 is 21.6 Å². The molecule has 94 valence electrons. The normalized spacial score (nSPS) is 11.9. The van der Waals surface area contributed by atoms with Crippen LogP contribution in [0.5, 0.6) is 0 Å². The molecule has 1 aromatic heterocycles. The number of aromatic nitrogens is 1. The second kappa shape index (κ2) is 4.51. The quantitative estimate of drug-likeness (QED) is 0.474. The molecule has 0 aliphatic carbocycles. The van der Waals surface area contributed by atoms with Crippen molar-refractivity contribution in [3.8, 4) is 0 Å². The zero-order valence-corrected chi connectivity index (χ0v) is 9.22.